The summed E-state index contributed by atoms with van der Waals surface area (Å²) < 4.78 is 34.2. The number of halogens is 3. The number of nitrogens with two attached hydrogens (primary N) is 1. The summed E-state index contributed by atoms with van der Waals surface area (Å²) in [6.07, 6.45) is 0. The van der Waals surface area contributed by atoms with Crippen LogP contribution in [0.15, 0.2) is 72.8 Å². The van der Waals surface area contributed by atoms with Crippen LogP contribution in [-0.2, 0) is 29.2 Å². The third-order valence-corrected chi connectivity index (χ3v) is 6.24. The number of phosphoric ester groups is 1. The molecule has 34 heavy (non-hydrogen) atoms. The van der Waals surface area contributed by atoms with Crippen molar-refractivity contribution >= 4 is 48.6 Å². The Kier molecular flexibility index (Phi) is 8.84. The molecule has 0 bridgehead atoms. The molecular weight excluding hydrogens is 528 g/mol. The summed E-state index contributed by atoms with van der Waals surface area (Å²) in [4.78, 5) is 17.8. The fourth-order valence-corrected chi connectivity index (χ4v) is 4.08. The van der Waals surface area contributed by atoms with E-state index in [1.54, 1.807) is 12.1 Å². The average molecular weight is 547 g/mol. The Morgan fingerprint density at radius 1 is 0.824 bits per heavy atom. The second-order valence-corrected chi connectivity index (χ2v) is 9.61. The van der Waals surface area contributed by atoms with Gasteiger partial charge in [0.1, 0.15) is 11.5 Å². The van der Waals surface area contributed by atoms with Gasteiger partial charge in [-0.25, -0.2) is 9.36 Å². The molecule has 8 nitrogen and oxygen atoms in total. The molecule has 3 aromatic carbocycles. The highest BCUT2D eigenvalue weighted by molar-refractivity contribution is 7.49. The normalized spacial score (nSPS) is 13.1. The van der Waals surface area contributed by atoms with Crippen molar-refractivity contribution in [1.29, 1.82) is 0 Å². The van der Waals surface area contributed by atoms with Gasteiger partial charge in [-0.2, -0.15) is 0 Å². The van der Waals surface area contributed by atoms with Gasteiger partial charge in [0.05, 0.1) is 6.61 Å². The molecule has 0 heterocycles. The van der Waals surface area contributed by atoms with Crippen LogP contribution < -0.4 is 14.8 Å². The van der Waals surface area contributed by atoms with Gasteiger partial charge in [0.25, 0.3) is 0 Å². The molecule has 0 aliphatic heterocycles. The molecule has 0 unspecified atom stereocenters. The highest BCUT2D eigenvalue weighted by Crippen LogP contribution is 2.50. The van der Waals surface area contributed by atoms with Crippen LogP contribution in [0.1, 0.15) is 5.56 Å². The molecule has 1 atom stereocenters. The lowest BCUT2D eigenvalue weighted by Crippen LogP contribution is -2.49. The Morgan fingerprint density at radius 2 is 1.24 bits per heavy atom. The van der Waals surface area contributed by atoms with Crippen molar-refractivity contribution in [2.24, 2.45) is 5.73 Å². The van der Waals surface area contributed by atoms with Crippen LogP contribution in [0.2, 0.25) is 15.1 Å². The Morgan fingerprint density at radius 3 is 1.65 bits per heavy atom. The van der Waals surface area contributed by atoms with E-state index in [-0.39, 0.29) is 18.1 Å². The fraction of sp³-hybridized carbons (Fsp3) is 0.136. The van der Waals surface area contributed by atoms with Crippen molar-refractivity contribution < 1.29 is 32.7 Å². The average Bonchev–Trinajstić information content (AvgIpc) is 2.81. The molecule has 0 amide bonds. The third-order valence-electron chi connectivity index (χ3n) is 4.36. The molecule has 3 rings (SSSR count). The zero-order chi connectivity index (χ0) is 24.8. The van der Waals surface area contributed by atoms with Gasteiger partial charge >= 0.3 is 13.8 Å². The fourth-order valence-electron chi connectivity index (χ4n) is 2.69. The number of hydrogen-bond donors (Lipinski definition) is 1. The van der Waals surface area contributed by atoms with E-state index in [4.69, 9.17) is 63.9 Å². The van der Waals surface area contributed by atoms with E-state index >= 15 is 0 Å². The summed E-state index contributed by atoms with van der Waals surface area (Å²) in [5.74, 6) is -0.964. The van der Waals surface area contributed by atoms with Crippen LogP contribution in [0.25, 0.3) is 0 Å². The van der Waals surface area contributed by atoms with Crippen LogP contribution in [0.3, 0.4) is 0 Å². The predicted molar refractivity (Wildman–Crippen MR) is 128 cm³/mol. The van der Waals surface area contributed by atoms with Crippen molar-refractivity contribution in [2.45, 2.75) is 5.54 Å². The molecule has 0 saturated heterocycles. The van der Waals surface area contributed by atoms with E-state index in [0.717, 1.165) is 0 Å². The predicted octanol–water partition coefficient (Wildman–Crippen LogP) is 6.19. The second-order valence-electron chi connectivity index (χ2n) is 6.89. The number of ether oxygens (including phenoxy) is 1. The Labute approximate surface area is 210 Å². The molecular formula is C22H19Cl3NO7P. The summed E-state index contributed by atoms with van der Waals surface area (Å²) >= 11 is 17.7. The van der Waals surface area contributed by atoms with Gasteiger partial charge in [-0.15, -0.1) is 0 Å². The Bertz CT molecular complexity index is 1110. The number of hydrogen-bond acceptors (Lipinski definition) is 8. The van der Waals surface area contributed by atoms with E-state index in [1.807, 2.05) is 0 Å². The minimum Gasteiger partial charge on any atom is -0.393 e. The van der Waals surface area contributed by atoms with Crippen LogP contribution in [0.5, 0.6) is 11.5 Å². The molecule has 180 valence electrons. The van der Waals surface area contributed by atoms with Crippen LogP contribution >= 0.6 is 42.6 Å². The number of benzene rings is 3. The maximum absolute atomic E-state index is 13.4. The summed E-state index contributed by atoms with van der Waals surface area (Å²) in [6, 6.07) is 17.8. The lowest BCUT2D eigenvalue weighted by atomic mass is 9.92. The minimum atomic E-state index is -4.58. The number of methoxy groups -OCH3 is 1. The molecule has 3 aromatic rings. The Balaban J connectivity index is 1.84. The lowest BCUT2D eigenvalue weighted by Gasteiger charge is -2.26. The molecule has 0 aliphatic rings. The van der Waals surface area contributed by atoms with Crippen molar-refractivity contribution in [3.05, 3.63) is 93.4 Å². The van der Waals surface area contributed by atoms with Crippen LogP contribution in [0, 0.1) is 0 Å². The molecule has 0 aromatic heterocycles. The molecule has 0 saturated carbocycles. The van der Waals surface area contributed by atoms with Gasteiger partial charge in [0.15, 0.2) is 5.54 Å². The molecule has 0 aliphatic carbocycles. The number of rotatable bonds is 10. The minimum absolute atomic E-state index is 0.0753. The highest BCUT2D eigenvalue weighted by atomic mass is 35.5. The zero-order valence-corrected chi connectivity index (χ0v) is 20.8. The first-order chi connectivity index (χ1) is 16.1. The van der Waals surface area contributed by atoms with Crippen molar-refractivity contribution in [3.8, 4) is 11.5 Å². The first-order valence-corrected chi connectivity index (χ1v) is 12.2. The monoisotopic (exact) mass is 545 g/mol. The van der Waals surface area contributed by atoms with Crippen LogP contribution in [-0.4, -0.2) is 19.7 Å². The van der Waals surface area contributed by atoms with E-state index in [1.165, 1.54) is 67.8 Å². The summed E-state index contributed by atoms with van der Waals surface area (Å²) in [7, 11) is -3.23. The van der Waals surface area contributed by atoms with Crippen molar-refractivity contribution in [2.75, 3.05) is 13.7 Å². The van der Waals surface area contributed by atoms with Gasteiger partial charge in [0.2, 0.25) is 0 Å². The van der Waals surface area contributed by atoms with Gasteiger partial charge in [0, 0.05) is 22.2 Å². The first-order valence-electron chi connectivity index (χ1n) is 9.58. The largest absolute Gasteiger partial charge is 0.625 e. The topological polar surface area (TPSA) is 106 Å². The summed E-state index contributed by atoms with van der Waals surface area (Å²) in [5.41, 5.74) is 4.77. The molecule has 0 radical (unpaired) electrons. The third kappa shape index (κ3) is 6.87. The standard InChI is InChI=1S/C22H19Cl3NO7P/c1-29-14-22(26,15-2-4-16(23)5-3-15)21(27)30-33-34(28,31-19-10-6-17(24)7-11-19)32-20-12-8-18(25)9-13-20/h2-13H,14,26H2,1H3/t22-/m1/s1. The molecule has 0 spiro atoms. The van der Waals surface area contributed by atoms with E-state index in [2.05, 4.69) is 0 Å². The zero-order valence-electron chi connectivity index (χ0n) is 17.7. The first kappa shape index (κ1) is 26.3. The second kappa shape index (κ2) is 11.4. The summed E-state index contributed by atoms with van der Waals surface area (Å²) in [5, 5.41) is 1.28. The molecule has 0 fully saturated rings. The molecule has 12 heteroatoms. The Hall–Kier alpha value is -2.29. The van der Waals surface area contributed by atoms with Gasteiger partial charge in [-0.3, -0.25) is 4.89 Å². The van der Waals surface area contributed by atoms with Gasteiger partial charge in [-0.1, -0.05) is 51.6 Å². The van der Waals surface area contributed by atoms with Gasteiger partial charge < -0.3 is 19.5 Å². The SMILES string of the molecule is COC[C@](N)(C(=O)OOP(=O)(Oc1ccc(Cl)cc1)Oc1ccc(Cl)cc1)c1ccc(Cl)cc1. The van der Waals surface area contributed by atoms with Crippen molar-refractivity contribution in [3.63, 3.8) is 0 Å². The van der Waals surface area contributed by atoms with Gasteiger partial charge in [-0.05, 0) is 66.2 Å². The quantitative estimate of drug-likeness (QED) is 0.182. The molecule has 2 N–H and O–H groups in total. The lowest BCUT2D eigenvalue weighted by molar-refractivity contribution is -0.229. The summed E-state index contributed by atoms with van der Waals surface area (Å²) in [6.45, 7) is -0.281. The van der Waals surface area contributed by atoms with E-state index in [9.17, 15) is 9.36 Å². The van der Waals surface area contributed by atoms with E-state index < -0.39 is 19.3 Å². The van der Waals surface area contributed by atoms with E-state index in [0.29, 0.717) is 20.6 Å². The highest BCUT2D eigenvalue weighted by Gasteiger charge is 2.42. The number of phosphoric acid groups is 1. The smallest absolute Gasteiger partial charge is 0.393 e. The maximum atomic E-state index is 13.4. The maximum Gasteiger partial charge on any atom is 0.625 e. The number of carbonyl (C=O) groups excluding carboxylic acids is 1. The number of carbonyl (C=O) groups is 1. The van der Waals surface area contributed by atoms with Crippen LogP contribution in [0.4, 0.5) is 0 Å². The van der Waals surface area contributed by atoms with Crippen molar-refractivity contribution in [1.82, 2.24) is 0 Å².